The van der Waals surface area contributed by atoms with Gasteiger partial charge in [0.15, 0.2) is 0 Å². The number of likely N-dealkylation sites (tertiary alicyclic amines) is 1. The van der Waals surface area contributed by atoms with Crippen LogP contribution in [0.15, 0.2) is 0 Å². The lowest BCUT2D eigenvalue weighted by Crippen LogP contribution is -2.74. The zero-order chi connectivity index (χ0) is 18.2. The first-order valence-electron chi connectivity index (χ1n) is 8.01. The largest absolute Gasteiger partial charge is 0.391 e. The average Bonchev–Trinajstić information content (AvgIpc) is 2.91. The molecule has 0 aliphatic carbocycles. The molecule has 2 rings (SSSR count). The molecule has 0 saturated carbocycles. The SMILES string of the molecule is CC(C)C(=O)N1C(C(=O)N[C@@H](C(N)=O)[C@@H](C)O)CCC12CNC2=O. The number of primary amides is 1. The monoisotopic (exact) mass is 340 g/mol. The molecule has 4 atom stereocenters. The summed E-state index contributed by atoms with van der Waals surface area (Å²) in [5, 5.41) is 14.6. The average molecular weight is 340 g/mol. The lowest BCUT2D eigenvalue weighted by Gasteiger charge is -2.46. The van der Waals surface area contributed by atoms with E-state index in [1.54, 1.807) is 13.8 Å². The summed E-state index contributed by atoms with van der Waals surface area (Å²) >= 11 is 0. The molecule has 0 aromatic heterocycles. The van der Waals surface area contributed by atoms with Crippen molar-refractivity contribution in [3.05, 3.63) is 0 Å². The number of hydrogen-bond acceptors (Lipinski definition) is 5. The lowest BCUT2D eigenvalue weighted by atomic mass is 9.87. The van der Waals surface area contributed by atoms with Gasteiger partial charge >= 0.3 is 0 Å². The van der Waals surface area contributed by atoms with Crippen LogP contribution in [0.4, 0.5) is 0 Å². The third kappa shape index (κ3) is 2.83. The normalized spacial score (nSPS) is 28.3. The van der Waals surface area contributed by atoms with Gasteiger partial charge in [0.2, 0.25) is 23.6 Å². The van der Waals surface area contributed by atoms with Crippen molar-refractivity contribution in [1.29, 1.82) is 0 Å². The fourth-order valence-corrected chi connectivity index (χ4v) is 3.25. The van der Waals surface area contributed by atoms with E-state index in [1.807, 2.05) is 0 Å². The van der Waals surface area contributed by atoms with Crippen molar-refractivity contribution in [2.75, 3.05) is 6.54 Å². The zero-order valence-electron chi connectivity index (χ0n) is 14.0. The first-order chi connectivity index (χ1) is 11.1. The minimum Gasteiger partial charge on any atom is -0.391 e. The van der Waals surface area contributed by atoms with Gasteiger partial charge in [-0.3, -0.25) is 19.2 Å². The number of aliphatic hydroxyl groups is 1. The van der Waals surface area contributed by atoms with Crippen LogP contribution in [-0.2, 0) is 19.2 Å². The van der Waals surface area contributed by atoms with E-state index < -0.39 is 35.5 Å². The van der Waals surface area contributed by atoms with Gasteiger partial charge in [0.05, 0.1) is 12.6 Å². The van der Waals surface area contributed by atoms with Gasteiger partial charge in [0, 0.05) is 5.92 Å². The molecule has 2 aliphatic rings. The molecule has 24 heavy (non-hydrogen) atoms. The Labute approximate surface area is 139 Å². The van der Waals surface area contributed by atoms with Crippen molar-refractivity contribution in [2.24, 2.45) is 11.7 Å². The highest BCUT2D eigenvalue weighted by Gasteiger charge is 2.60. The summed E-state index contributed by atoms with van der Waals surface area (Å²) in [6.45, 7) is 5.04. The molecule has 9 nitrogen and oxygen atoms in total. The predicted molar refractivity (Wildman–Crippen MR) is 83.3 cm³/mol. The summed E-state index contributed by atoms with van der Waals surface area (Å²) in [6.07, 6.45) is -0.475. The van der Waals surface area contributed by atoms with E-state index in [4.69, 9.17) is 5.73 Å². The van der Waals surface area contributed by atoms with Crippen molar-refractivity contribution in [1.82, 2.24) is 15.5 Å². The van der Waals surface area contributed by atoms with Gasteiger partial charge in [0.1, 0.15) is 17.6 Å². The summed E-state index contributed by atoms with van der Waals surface area (Å²) < 4.78 is 0. The number of nitrogens with zero attached hydrogens (tertiary/aromatic N) is 1. The Balaban J connectivity index is 2.24. The molecule has 2 fully saturated rings. The molecule has 0 aromatic carbocycles. The minimum absolute atomic E-state index is 0.270. The maximum absolute atomic E-state index is 12.6. The molecule has 9 heteroatoms. The van der Waals surface area contributed by atoms with Crippen molar-refractivity contribution >= 4 is 23.6 Å². The number of rotatable bonds is 5. The number of nitrogens with one attached hydrogen (secondary N) is 2. The maximum Gasteiger partial charge on any atom is 0.247 e. The van der Waals surface area contributed by atoms with E-state index in [0.717, 1.165) is 0 Å². The van der Waals surface area contributed by atoms with E-state index in [9.17, 15) is 24.3 Å². The lowest BCUT2D eigenvalue weighted by molar-refractivity contribution is -0.158. The van der Waals surface area contributed by atoms with E-state index >= 15 is 0 Å². The first kappa shape index (κ1) is 18.2. The number of hydrogen-bond donors (Lipinski definition) is 4. The second-order valence-corrected chi connectivity index (χ2v) is 6.76. The Morgan fingerprint density at radius 2 is 2.00 bits per heavy atom. The molecular formula is C15H24N4O5. The molecule has 1 spiro atoms. The second-order valence-electron chi connectivity index (χ2n) is 6.76. The van der Waals surface area contributed by atoms with Gasteiger partial charge in [0.25, 0.3) is 0 Å². The van der Waals surface area contributed by atoms with Crippen molar-refractivity contribution in [2.45, 2.75) is 57.3 Å². The van der Waals surface area contributed by atoms with Crippen molar-refractivity contribution < 1.29 is 24.3 Å². The van der Waals surface area contributed by atoms with Crippen LogP contribution in [0.5, 0.6) is 0 Å². The van der Waals surface area contributed by atoms with Crippen LogP contribution in [0.1, 0.15) is 33.6 Å². The van der Waals surface area contributed by atoms with Crippen LogP contribution < -0.4 is 16.4 Å². The van der Waals surface area contributed by atoms with E-state index in [2.05, 4.69) is 10.6 Å². The minimum atomic E-state index is -1.25. The Morgan fingerprint density at radius 1 is 1.38 bits per heavy atom. The van der Waals surface area contributed by atoms with Crippen molar-refractivity contribution in [3.8, 4) is 0 Å². The van der Waals surface area contributed by atoms with Crippen molar-refractivity contribution in [3.63, 3.8) is 0 Å². The molecule has 2 saturated heterocycles. The van der Waals surface area contributed by atoms with Gasteiger partial charge in [-0.15, -0.1) is 0 Å². The molecule has 4 amide bonds. The molecule has 2 heterocycles. The molecule has 0 radical (unpaired) electrons. The van der Waals surface area contributed by atoms with Gasteiger partial charge in [-0.25, -0.2) is 0 Å². The fourth-order valence-electron chi connectivity index (χ4n) is 3.25. The highest BCUT2D eigenvalue weighted by molar-refractivity contribution is 6.01. The Bertz CT molecular complexity index is 576. The summed E-state index contributed by atoms with van der Waals surface area (Å²) in [7, 11) is 0. The topological polar surface area (TPSA) is 142 Å². The molecular weight excluding hydrogens is 316 g/mol. The van der Waals surface area contributed by atoms with Crippen LogP contribution in [0.3, 0.4) is 0 Å². The number of amides is 4. The molecule has 0 aromatic rings. The zero-order valence-corrected chi connectivity index (χ0v) is 14.0. The quantitative estimate of drug-likeness (QED) is 0.422. The standard InChI is InChI=1S/C15H24N4O5/c1-7(2)13(23)19-9(4-5-15(19)6-17-14(15)24)12(22)18-10(8(3)20)11(16)21/h7-10,20H,4-6H2,1-3H3,(H2,16,21)(H,17,24)(H,18,22)/t8-,9?,10-,15?/m1/s1. The molecule has 134 valence electrons. The first-order valence-corrected chi connectivity index (χ1v) is 8.01. The van der Waals surface area contributed by atoms with Gasteiger partial charge in [-0.2, -0.15) is 0 Å². The van der Waals surface area contributed by atoms with Crippen LogP contribution in [0.2, 0.25) is 0 Å². The Hall–Kier alpha value is -2.16. The summed E-state index contributed by atoms with van der Waals surface area (Å²) in [4.78, 5) is 49.9. The van der Waals surface area contributed by atoms with Gasteiger partial charge < -0.3 is 26.4 Å². The molecule has 2 unspecified atom stereocenters. The number of β-lactam (4-membered cyclic amide) rings is 1. The van der Waals surface area contributed by atoms with E-state index in [1.165, 1.54) is 11.8 Å². The van der Waals surface area contributed by atoms with Gasteiger partial charge in [-0.1, -0.05) is 13.8 Å². The number of nitrogens with two attached hydrogens (primary N) is 1. The summed E-state index contributed by atoms with van der Waals surface area (Å²) in [5.74, 6) is -2.41. The fraction of sp³-hybridized carbons (Fsp3) is 0.733. The second kappa shape index (κ2) is 6.39. The Morgan fingerprint density at radius 3 is 2.38 bits per heavy atom. The number of carbonyl (C=O) groups is 4. The van der Waals surface area contributed by atoms with Crippen LogP contribution in [0.25, 0.3) is 0 Å². The maximum atomic E-state index is 12.6. The van der Waals surface area contributed by atoms with E-state index in [-0.39, 0.29) is 17.7 Å². The third-order valence-electron chi connectivity index (χ3n) is 4.69. The van der Waals surface area contributed by atoms with Crippen LogP contribution >= 0.6 is 0 Å². The summed E-state index contributed by atoms with van der Waals surface area (Å²) in [6, 6.07) is -2.12. The third-order valence-corrected chi connectivity index (χ3v) is 4.69. The van der Waals surface area contributed by atoms with Crippen LogP contribution in [-0.4, -0.2) is 63.9 Å². The number of aliphatic hydroxyl groups excluding tert-OH is 1. The predicted octanol–water partition coefficient (Wildman–Crippen LogP) is -2.15. The number of carbonyl (C=O) groups excluding carboxylic acids is 4. The van der Waals surface area contributed by atoms with E-state index in [0.29, 0.717) is 19.4 Å². The Kier molecular flexibility index (Phi) is 4.84. The highest BCUT2D eigenvalue weighted by atomic mass is 16.3. The smallest absolute Gasteiger partial charge is 0.247 e. The summed E-state index contributed by atoms with van der Waals surface area (Å²) in [5.41, 5.74) is 4.19. The molecule has 0 bridgehead atoms. The van der Waals surface area contributed by atoms with Crippen LogP contribution in [0, 0.1) is 5.92 Å². The highest BCUT2D eigenvalue weighted by Crippen LogP contribution is 2.39. The molecule has 5 N–H and O–H groups in total. The molecule has 2 aliphatic heterocycles. The van der Waals surface area contributed by atoms with Gasteiger partial charge in [-0.05, 0) is 19.8 Å².